The number of hydrogen-bond donors (Lipinski definition) is 0. The molecule has 0 radical (unpaired) electrons. The Balaban J connectivity index is 2.52. The molecule has 1 aliphatic heterocycles. The van der Waals surface area contributed by atoms with Gasteiger partial charge in [-0.1, -0.05) is 0 Å². The van der Waals surface area contributed by atoms with Gasteiger partial charge in [0.05, 0.1) is 0 Å². The van der Waals surface area contributed by atoms with Gasteiger partial charge in [-0.25, -0.2) is 4.39 Å². The van der Waals surface area contributed by atoms with Crippen molar-refractivity contribution in [3.8, 4) is 0 Å². The van der Waals surface area contributed by atoms with Crippen LogP contribution in [0.5, 0.6) is 0 Å². The summed E-state index contributed by atoms with van der Waals surface area (Å²) in [5.74, 6) is -3.25. The minimum Gasteiger partial charge on any atom is -0.334 e. The van der Waals surface area contributed by atoms with Gasteiger partial charge in [0.15, 0.2) is 0 Å². The van der Waals surface area contributed by atoms with Crippen LogP contribution in [0.25, 0.3) is 0 Å². The van der Waals surface area contributed by atoms with E-state index in [1.165, 1.54) is 0 Å². The molecule has 0 aliphatic carbocycles. The van der Waals surface area contributed by atoms with Crippen LogP contribution in [-0.4, -0.2) is 18.4 Å². The van der Waals surface area contributed by atoms with Crippen LogP contribution in [0, 0.1) is 0 Å². The third-order valence-electron chi connectivity index (χ3n) is 1.17. The first kappa shape index (κ1) is 5.88. The summed E-state index contributed by atoms with van der Waals surface area (Å²) in [5.41, 5.74) is 0. The Morgan fingerprint density at radius 2 is 2.00 bits per heavy atom. The highest BCUT2D eigenvalue weighted by Gasteiger charge is 2.58. The van der Waals surface area contributed by atoms with Crippen LogP contribution in [0.1, 0.15) is 6.92 Å². The Hall–Kier alpha value is -0.250. The highest BCUT2D eigenvalue weighted by molar-refractivity contribution is 4.86. The lowest BCUT2D eigenvalue weighted by Gasteiger charge is -2.36. The highest BCUT2D eigenvalue weighted by Crippen LogP contribution is 2.38. The molecule has 0 N–H and O–H groups in total. The molecule has 1 fully saturated rings. The molecule has 0 aromatic heterocycles. The van der Waals surface area contributed by atoms with E-state index in [9.17, 15) is 13.2 Å². The monoisotopic (exact) mass is 126 g/mol. The zero-order valence-electron chi connectivity index (χ0n) is 4.20. The second-order valence-electron chi connectivity index (χ2n) is 1.77. The van der Waals surface area contributed by atoms with Crippen LogP contribution in [0.4, 0.5) is 13.2 Å². The molecule has 1 saturated heterocycles. The van der Waals surface area contributed by atoms with Crippen molar-refractivity contribution in [2.45, 2.75) is 25.3 Å². The Kier molecular flexibility index (Phi) is 1.01. The zero-order valence-corrected chi connectivity index (χ0v) is 4.20. The summed E-state index contributed by atoms with van der Waals surface area (Å²) in [6.45, 7) is 1.14. The summed E-state index contributed by atoms with van der Waals surface area (Å²) in [4.78, 5) is 0. The van der Waals surface area contributed by atoms with E-state index in [2.05, 4.69) is 4.74 Å². The predicted molar refractivity (Wildman–Crippen MR) is 20.4 cm³/mol. The van der Waals surface area contributed by atoms with E-state index in [-0.39, 0.29) is 0 Å². The Bertz CT molecular complexity index is 93.5. The van der Waals surface area contributed by atoms with E-state index >= 15 is 0 Å². The summed E-state index contributed by atoms with van der Waals surface area (Å²) in [7, 11) is 0. The number of hydrogen-bond acceptors (Lipinski definition) is 1. The molecule has 1 heterocycles. The predicted octanol–water partition coefficient (Wildman–Crippen LogP) is 1.34. The van der Waals surface area contributed by atoms with Crippen LogP contribution >= 0.6 is 0 Å². The molecule has 4 heteroatoms. The van der Waals surface area contributed by atoms with Crippen molar-refractivity contribution in [3.63, 3.8) is 0 Å². The third-order valence-corrected chi connectivity index (χ3v) is 1.17. The quantitative estimate of drug-likeness (QED) is 0.475. The van der Waals surface area contributed by atoms with Crippen molar-refractivity contribution < 1.29 is 17.9 Å². The number of alkyl halides is 3. The minimum atomic E-state index is -3.25. The SMILES string of the molecule is CC1OC(F)C1(F)F. The average Bonchev–Trinajstić information content (AvgIpc) is 1.68. The molecular formula is C4H5F3O. The van der Waals surface area contributed by atoms with Crippen molar-refractivity contribution in [1.82, 2.24) is 0 Å². The lowest BCUT2D eigenvalue weighted by molar-refractivity contribution is -0.352. The fourth-order valence-electron chi connectivity index (χ4n) is 0.473. The third kappa shape index (κ3) is 0.523. The molecule has 0 saturated carbocycles. The van der Waals surface area contributed by atoms with Crippen LogP contribution in [0.2, 0.25) is 0 Å². The van der Waals surface area contributed by atoms with Crippen LogP contribution in [-0.2, 0) is 4.74 Å². The second-order valence-corrected chi connectivity index (χ2v) is 1.77. The van der Waals surface area contributed by atoms with Gasteiger partial charge in [0.2, 0.25) is 0 Å². The summed E-state index contributed by atoms with van der Waals surface area (Å²) in [6, 6.07) is 0. The van der Waals surface area contributed by atoms with Gasteiger partial charge in [-0.05, 0) is 6.92 Å². The molecule has 0 aromatic rings. The van der Waals surface area contributed by atoms with Crippen molar-refractivity contribution >= 4 is 0 Å². The zero-order chi connectivity index (χ0) is 6.36. The van der Waals surface area contributed by atoms with E-state index in [1.54, 1.807) is 0 Å². The number of halogens is 3. The van der Waals surface area contributed by atoms with Crippen molar-refractivity contribution in [3.05, 3.63) is 0 Å². The van der Waals surface area contributed by atoms with Crippen molar-refractivity contribution in [2.24, 2.45) is 0 Å². The largest absolute Gasteiger partial charge is 0.334 e. The van der Waals surface area contributed by atoms with Crippen molar-refractivity contribution in [1.29, 1.82) is 0 Å². The van der Waals surface area contributed by atoms with Crippen LogP contribution < -0.4 is 0 Å². The lowest BCUT2D eigenvalue weighted by atomic mass is 10.1. The molecule has 0 spiro atoms. The molecular weight excluding hydrogens is 121 g/mol. The van der Waals surface area contributed by atoms with E-state index in [1.807, 2.05) is 0 Å². The molecule has 1 aliphatic rings. The molecule has 48 valence electrons. The summed E-state index contributed by atoms with van der Waals surface area (Å²) < 4.78 is 39.2. The van der Waals surface area contributed by atoms with E-state index in [4.69, 9.17) is 0 Å². The van der Waals surface area contributed by atoms with E-state index in [0.717, 1.165) is 6.92 Å². The lowest BCUT2D eigenvalue weighted by Crippen LogP contribution is -2.55. The van der Waals surface area contributed by atoms with Gasteiger partial charge in [-0.3, -0.25) is 0 Å². The highest BCUT2D eigenvalue weighted by atomic mass is 19.3. The Morgan fingerprint density at radius 3 is 2.00 bits per heavy atom. The molecule has 1 nitrogen and oxygen atoms in total. The van der Waals surface area contributed by atoms with Gasteiger partial charge >= 0.3 is 5.92 Å². The van der Waals surface area contributed by atoms with Gasteiger partial charge in [-0.15, -0.1) is 0 Å². The molecule has 0 bridgehead atoms. The topological polar surface area (TPSA) is 9.23 Å². The Morgan fingerprint density at radius 1 is 1.50 bits per heavy atom. The van der Waals surface area contributed by atoms with Gasteiger partial charge in [0.1, 0.15) is 6.10 Å². The van der Waals surface area contributed by atoms with Crippen LogP contribution in [0.3, 0.4) is 0 Å². The van der Waals surface area contributed by atoms with Gasteiger partial charge < -0.3 is 4.74 Å². The smallest absolute Gasteiger partial charge is 0.328 e. The average molecular weight is 126 g/mol. The van der Waals surface area contributed by atoms with E-state index in [0.29, 0.717) is 0 Å². The van der Waals surface area contributed by atoms with Crippen molar-refractivity contribution in [2.75, 3.05) is 0 Å². The molecule has 0 aromatic carbocycles. The molecule has 2 unspecified atom stereocenters. The standard InChI is InChI=1S/C4H5F3O/c1-2-4(6,7)3(5)8-2/h2-3H,1H3. The first-order valence-corrected chi connectivity index (χ1v) is 2.22. The number of rotatable bonds is 0. The van der Waals surface area contributed by atoms with Gasteiger partial charge in [-0.2, -0.15) is 8.78 Å². The van der Waals surface area contributed by atoms with Gasteiger partial charge in [0, 0.05) is 0 Å². The number of ether oxygens (including phenoxy) is 1. The molecule has 0 amide bonds. The summed E-state index contributed by atoms with van der Waals surface area (Å²) in [6.07, 6.45) is -3.63. The Labute approximate surface area is 44.4 Å². The first-order valence-electron chi connectivity index (χ1n) is 2.22. The maximum atomic E-state index is 11.8. The second kappa shape index (κ2) is 1.37. The molecule has 1 rings (SSSR count). The maximum absolute atomic E-state index is 11.8. The first-order chi connectivity index (χ1) is 3.55. The van der Waals surface area contributed by atoms with Crippen LogP contribution in [0.15, 0.2) is 0 Å². The minimum absolute atomic E-state index is 1.14. The molecule has 8 heavy (non-hydrogen) atoms. The van der Waals surface area contributed by atoms with Gasteiger partial charge in [0.25, 0.3) is 6.36 Å². The van der Waals surface area contributed by atoms with E-state index < -0.39 is 18.4 Å². The molecule has 2 atom stereocenters. The fraction of sp³-hybridized carbons (Fsp3) is 1.00. The normalized spacial score (nSPS) is 43.5. The maximum Gasteiger partial charge on any atom is 0.328 e. The summed E-state index contributed by atoms with van der Waals surface area (Å²) >= 11 is 0. The fourth-order valence-corrected chi connectivity index (χ4v) is 0.473. The summed E-state index contributed by atoms with van der Waals surface area (Å²) in [5, 5.41) is 0.